The lowest BCUT2D eigenvalue weighted by molar-refractivity contribution is 0.0533. The van der Waals surface area contributed by atoms with Crippen LogP contribution >= 0.6 is 0 Å². The summed E-state index contributed by atoms with van der Waals surface area (Å²) in [5.74, 6) is 0.0751. The van der Waals surface area contributed by atoms with Crippen LogP contribution < -0.4 is 10.2 Å². The average molecular weight is 316 g/mol. The first kappa shape index (κ1) is 15.8. The topological polar surface area (TPSA) is 55.9 Å². The highest BCUT2D eigenvalue weighted by atomic mass is 16.2. The number of carbonyl (C=O) groups excluding carboxylic acids is 2. The number of hydrogen-bond donors (Lipinski definition) is 1. The molecule has 23 heavy (non-hydrogen) atoms. The highest BCUT2D eigenvalue weighted by molar-refractivity contribution is 5.98. The molecule has 0 radical (unpaired) electrons. The standard InChI is InChI=1S/C17H24N4O2/c1-12-10-14(4-5-15(12)21-7-6-18-17(21)23)16(22)20-9-8-19(3)11-13(20)2/h4-5,10,13H,6-9,11H2,1-3H3,(H,18,23). The molecule has 6 heteroatoms. The first-order valence-electron chi connectivity index (χ1n) is 8.13. The molecule has 1 N–H and O–H groups in total. The van der Waals surface area contributed by atoms with Crippen molar-refractivity contribution in [1.29, 1.82) is 0 Å². The molecule has 124 valence electrons. The second-order valence-corrected chi connectivity index (χ2v) is 6.49. The van der Waals surface area contributed by atoms with Crippen LogP contribution in [-0.4, -0.2) is 67.6 Å². The van der Waals surface area contributed by atoms with E-state index in [0.29, 0.717) is 18.7 Å². The molecule has 2 saturated heterocycles. The Morgan fingerprint density at radius 3 is 2.65 bits per heavy atom. The number of piperazine rings is 1. The first-order valence-corrected chi connectivity index (χ1v) is 8.13. The molecule has 2 aliphatic heterocycles. The molecule has 2 fully saturated rings. The monoisotopic (exact) mass is 316 g/mol. The summed E-state index contributed by atoms with van der Waals surface area (Å²) in [5, 5.41) is 2.80. The third kappa shape index (κ3) is 3.03. The van der Waals surface area contributed by atoms with Crippen LogP contribution in [-0.2, 0) is 0 Å². The van der Waals surface area contributed by atoms with Crippen molar-refractivity contribution in [1.82, 2.24) is 15.1 Å². The highest BCUT2D eigenvalue weighted by Gasteiger charge is 2.28. The summed E-state index contributed by atoms with van der Waals surface area (Å²) >= 11 is 0. The molecule has 3 amide bonds. The summed E-state index contributed by atoms with van der Waals surface area (Å²) in [4.78, 5) is 30.5. The quantitative estimate of drug-likeness (QED) is 0.895. The van der Waals surface area contributed by atoms with E-state index in [-0.39, 0.29) is 18.0 Å². The summed E-state index contributed by atoms with van der Waals surface area (Å²) in [7, 11) is 2.08. The van der Waals surface area contributed by atoms with E-state index in [9.17, 15) is 9.59 Å². The van der Waals surface area contributed by atoms with Crippen molar-refractivity contribution < 1.29 is 9.59 Å². The number of rotatable bonds is 2. The lowest BCUT2D eigenvalue weighted by atomic mass is 10.1. The van der Waals surface area contributed by atoms with Crippen LogP contribution in [0.3, 0.4) is 0 Å². The zero-order valence-electron chi connectivity index (χ0n) is 14.0. The van der Waals surface area contributed by atoms with Crippen LogP contribution in [0.5, 0.6) is 0 Å². The molecular weight excluding hydrogens is 292 g/mol. The van der Waals surface area contributed by atoms with Gasteiger partial charge in [-0.2, -0.15) is 0 Å². The summed E-state index contributed by atoms with van der Waals surface area (Å²) < 4.78 is 0. The number of carbonyl (C=O) groups is 2. The number of nitrogens with zero attached hydrogens (tertiary/aromatic N) is 3. The van der Waals surface area contributed by atoms with Gasteiger partial charge in [-0.05, 0) is 44.7 Å². The number of anilines is 1. The Morgan fingerprint density at radius 1 is 1.26 bits per heavy atom. The maximum Gasteiger partial charge on any atom is 0.322 e. The van der Waals surface area contributed by atoms with E-state index in [1.165, 1.54) is 0 Å². The van der Waals surface area contributed by atoms with Crippen molar-refractivity contribution in [2.45, 2.75) is 19.9 Å². The fourth-order valence-corrected chi connectivity index (χ4v) is 3.40. The molecule has 0 aliphatic carbocycles. The van der Waals surface area contributed by atoms with Gasteiger partial charge >= 0.3 is 6.03 Å². The van der Waals surface area contributed by atoms with Gasteiger partial charge in [0, 0.05) is 50.0 Å². The van der Waals surface area contributed by atoms with Gasteiger partial charge in [0.15, 0.2) is 0 Å². The Balaban J connectivity index is 1.79. The van der Waals surface area contributed by atoms with Crippen molar-refractivity contribution in [3.8, 4) is 0 Å². The lowest BCUT2D eigenvalue weighted by Gasteiger charge is -2.38. The van der Waals surface area contributed by atoms with E-state index in [4.69, 9.17) is 0 Å². The second-order valence-electron chi connectivity index (χ2n) is 6.49. The van der Waals surface area contributed by atoms with E-state index < -0.39 is 0 Å². The minimum atomic E-state index is -0.0696. The number of aryl methyl sites for hydroxylation is 1. The Hall–Kier alpha value is -2.08. The molecule has 3 rings (SSSR count). The average Bonchev–Trinajstić information content (AvgIpc) is 2.92. The van der Waals surface area contributed by atoms with E-state index in [0.717, 1.165) is 30.9 Å². The van der Waals surface area contributed by atoms with Gasteiger partial charge in [-0.1, -0.05) is 0 Å². The van der Waals surface area contributed by atoms with Crippen LogP contribution in [0.1, 0.15) is 22.8 Å². The molecule has 1 aromatic carbocycles. The Kier molecular flexibility index (Phi) is 4.26. The van der Waals surface area contributed by atoms with Gasteiger partial charge in [0.25, 0.3) is 5.91 Å². The lowest BCUT2D eigenvalue weighted by Crippen LogP contribution is -2.52. The molecule has 6 nitrogen and oxygen atoms in total. The van der Waals surface area contributed by atoms with Gasteiger partial charge in [-0.25, -0.2) is 4.79 Å². The predicted octanol–water partition coefficient (Wildman–Crippen LogP) is 1.30. The molecule has 0 saturated carbocycles. The Labute approximate surface area is 137 Å². The van der Waals surface area contributed by atoms with Gasteiger partial charge in [-0.3, -0.25) is 9.69 Å². The number of hydrogen-bond acceptors (Lipinski definition) is 3. The normalized spacial score (nSPS) is 22.4. The van der Waals surface area contributed by atoms with Crippen LogP contribution in [0.25, 0.3) is 0 Å². The first-order chi connectivity index (χ1) is 11.0. The molecule has 2 aliphatic rings. The number of amides is 3. The van der Waals surface area contributed by atoms with Crippen LogP contribution in [0.2, 0.25) is 0 Å². The maximum absolute atomic E-state index is 12.8. The zero-order chi connectivity index (χ0) is 16.6. The number of likely N-dealkylation sites (N-methyl/N-ethyl adjacent to an activating group) is 1. The zero-order valence-corrected chi connectivity index (χ0v) is 14.0. The van der Waals surface area contributed by atoms with Gasteiger partial charge in [0.1, 0.15) is 0 Å². The van der Waals surface area contributed by atoms with Crippen molar-refractivity contribution >= 4 is 17.6 Å². The molecule has 1 aromatic rings. The van der Waals surface area contributed by atoms with E-state index in [1.54, 1.807) is 4.90 Å². The Bertz CT molecular complexity index is 631. The number of nitrogens with one attached hydrogen (secondary N) is 1. The fourth-order valence-electron chi connectivity index (χ4n) is 3.40. The predicted molar refractivity (Wildman–Crippen MR) is 89.9 cm³/mol. The van der Waals surface area contributed by atoms with E-state index >= 15 is 0 Å². The fraction of sp³-hybridized carbons (Fsp3) is 0.529. The largest absolute Gasteiger partial charge is 0.336 e. The molecule has 0 bridgehead atoms. The minimum Gasteiger partial charge on any atom is -0.336 e. The van der Waals surface area contributed by atoms with E-state index in [2.05, 4.69) is 24.2 Å². The second kappa shape index (κ2) is 6.20. The maximum atomic E-state index is 12.8. The molecule has 1 atom stereocenters. The van der Waals surface area contributed by atoms with Crippen molar-refractivity contribution in [3.63, 3.8) is 0 Å². The molecule has 2 heterocycles. The summed E-state index contributed by atoms with van der Waals surface area (Å²) in [6.45, 7) is 7.93. The van der Waals surface area contributed by atoms with E-state index in [1.807, 2.05) is 30.0 Å². The SMILES string of the molecule is Cc1cc(C(=O)N2CCN(C)CC2C)ccc1N1CCNC1=O. The van der Waals surface area contributed by atoms with Gasteiger partial charge in [-0.15, -0.1) is 0 Å². The van der Waals surface area contributed by atoms with Crippen molar-refractivity contribution in [3.05, 3.63) is 29.3 Å². The van der Waals surface area contributed by atoms with Crippen LogP contribution in [0, 0.1) is 6.92 Å². The van der Waals surface area contributed by atoms with Gasteiger partial charge < -0.3 is 15.1 Å². The number of benzene rings is 1. The van der Waals surface area contributed by atoms with Gasteiger partial charge in [0.2, 0.25) is 0 Å². The van der Waals surface area contributed by atoms with Crippen molar-refractivity contribution in [2.24, 2.45) is 0 Å². The molecule has 0 aromatic heterocycles. The summed E-state index contributed by atoms with van der Waals surface area (Å²) in [6, 6.07) is 5.76. The summed E-state index contributed by atoms with van der Waals surface area (Å²) in [6.07, 6.45) is 0. The number of urea groups is 1. The molecular formula is C17H24N4O2. The highest BCUT2D eigenvalue weighted by Crippen LogP contribution is 2.24. The minimum absolute atomic E-state index is 0.0696. The Morgan fingerprint density at radius 2 is 2.04 bits per heavy atom. The van der Waals surface area contributed by atoms with Gasteiger partial charge in [0.05, 0.1) is 0 Å². The van der Waals surface area contributed by atoms with Crippen molar-refractivity contribution in [2.75, 3.05) is 44.7 Å². The smallest absolute Gasteiger partial charge is 0.322 e. The third-order valence-electron chi connectivity index (χ3n) is 4.68. The van der Waals surface area contributed by atoms with Crippen LogP contribution in [0.15, 0.2) is 18.2 Å². The summed E-state index contributed by atoms with van der Waals surface area (Å²) in [5.41, 5.74) is 2.53. The third-order valence-corrected chi connectivity index (χ3v) is 4.68. The van der Waals surface area contributed by atoms with Crippen LogP contribution in [0.4, 0.5) is 10.5 Å². The molecule has 1 unspecified atom stereocenters. The molecule has 0 spiro atoms.